The molecule has 422 valence electrons. The fourth-order valence-corrected chi connectivity index (χ4v) is 10.6. The lowest BCUT2D eigenvalue weighted by molar-refractivity contribution is -0.467. The number of ether oxygens (including phenoxy) is 3. The zero-order valence-corrected chi connectivity index (χ0v) is 47.1. The molecule has 0 N–H and O–H groups in total. The van der Waals surface area contributed by atoms with E-state index >= 15 is 14.4 Å². The Balaban J connectivity index is 1.10. The first-order valence-electron chi connectivity index (χ1n) is 26.7. The predicted molar refractivity (Wildman–Crippen MR) is 289 cm³/mol. The first-order valence-corrected chi connectivity index (χ1v) is 26.7. The van der Waals surface area contributed by atoms with Gasteiger partial charge in [0.25, 0.3) is 0 Å². The third kappa shape index (κ3) is 11.4. The monoisotopic (exact) mass is 1090 g/mol. The number of benzene rings is 3. The van der Waals surface area contributed by atoms with Crippen molar-refractivity contribution in [2.24, 2.45) is 15.0 Å². The van der Waals surface area contributed by atoms with E-state index in [0.717, 1.165) is 0 Å². The van der Waals surface area contributed by atoms with Crippen LogP contribution in [-0.2, 0) is 43.1 Å². The Kier molecular flexibility index (Phi) is 14.7. The van der Waals surface area contributed by atoms with Crippen molar-refractivity contribution < 1.29 is 57.5 Å². The van der Waals surface area contributed by atoms with E-state index in [4.69, 9.17) is 43.7 Å². The van der Waals surface area contributed by atoms with Crippen molar-refractivity contribution in [2.75, 3.05) is 58.9 Å². The molecule has 3 aromatic carbocycles. The lowest BCUT2D eigenvalue weighted by Crippen LogP contribution is -2.64. The topological polar surface area (TPSA) is 218 Å². The van der Waals surface area contributed by atoms with Gasteiger partial charge in [-0.3, -0.25) is 14.5 Å². The SMILES string of the molecule is CC(C)(C)OC(=O)N1CCN2C(c3ccccc3)=NC(C)(C(=O)ON(OC(=O)C3(C)N=C(c4ccccc4)N4CCN(C(=O)OC(C)(C)C)CC43)OC(=O)C3(C)N=C(c4ccccc4)N4CCN(C(=O)OC(C)(C)C)CC43)C2C1. The zero-order valence-electron chi connectivity index (χ0n) is 47.1. The van der Waals surface area contributed by atoms with Gasteiger partial charge >= 0.3 is 36.2 Å². The molecule has 0 saturated carbocycles. The second kappa shape index (κ2) is 20.8. The summed E-state index contributed by atoms with van der Waals surface area (Å²) in [6.07, 6.45) is -1.78. The van der Waals surface area contributed by atoms with Crippen LogP contribution in [0.5, 0.6) is 0 Å². The van der Waals surface area contributed by atoms with Gasteiger partial charge in [-0.25, -0.2) is 43.7 Å². The van der Waals surface area contributed by atoms with Crippen molar-refractivity contribution in [1.82, 2.24) is 34.8 Å². The lowest BCUT2D eigenvalue weighted by Gasteiger charge is -2.43. The van der Waals surface area contributed by atoms with E-state index in [-0.39, 0.29) is 64.3 Å². The van der Waals surface area contributed by atoms with Gasteiger partial charge in [0.15, 0.2) is 16.6 Å². The third-order valence-corrected chi connectivity index (χ3v) is 14.7. The minimum absolute atomic E-state index is 0.0403. The van der Waals surface area contributed by atoms with Crippen LogP contribution < -0.4 is 0 Å². The Morgan fingerprint density at radius 2 is 0.658 bits per heavy atom. The maximum absolute atomic E-state index is 15.4. The zero-order chi connectivity index (χ0) is 57.0. The number of hydrogen-bond donors (Lipinski definition) is 0. The highest BCUT2D eigenvalue weighted by Gasteiger charge is 2.60. The van der Waals surface area contributed by atoms with Crippen LogP contribution in [-0.4, -0.2) is 199 Å². The van der Waals surface area contributed by atoms with Gasteiger partial charge in [-0.1, -0.05) is 91.0 Å². The smallest absolute Gasteiger partial charge is 0.410 e. The number of amidine groups is 3. The third-order valence-electron chi connectivity index (χ3n) is 14.7. The number of rotatable bonds is 9. The van der Waals surface area contributed by atoms with E-state index in [2.05, 4.69) is 0 Å². The molecule has 79 heavy (non-hydrogen) atoms. The van der Waals surface area contributed by atoms with Gasteiger partial charge in [-0.15, -0.1) is 0 Å². The largest absolute Gasteiger partial charge is 0.444 e. The Hall–Kier alpha value is -7.75. The molecule has 6 unspecified atom stereocenters. The Morgan fingerprint density at radius 3 is 0.886 bits per heavy atom. The summed E-state index contributed by atoms with van der Waals surface area (Å²) < 4.78 is 17.3. The van der Waals surface area contributed by atoms with Crippen LogP contribution in [0.1, 0.15) is 99.8 Å². The molecular weight excluding hydrogens is 1020 g/mol. The van der Waals surface area contributed by atoms with Crippen molar-refractivity contribution >= 4 is 53.7 Å². The number of amides is 3. The van der Waals surface area contributed by atoms with E-state index < -0.39 is 87.7 Å². The van der Waals surface area contributed by atoms with E-state index in [1.807, 2.05) is 106 Å². The molecule has 6 aliphatic rings. The summed E-state index contributed by atoms with van der Waals surface area (Å²) in [5.74, 6) is -2.05. The van der Waals surface area contributed by atoms with Crippen LogP contribution in [0.15, 0.2) is 106 Å². The summed E-state index contributed by atoms with van der Waals surface area (Å²) in [6.45, 7) is 21.8. The molecule has 3 aromatic rings. The van der Waals surface area contributed by atoms with E-state index in [1.165, 1.54) is 35.5 Å². The molecule has 6 aliphatic heterocycles. The second-order valence-electron chi connectivity index (χ2n) is 24.1. The number of fused-ring (bicyclic) bond motifs is 3. The van der Waals surface area contributed by atoms with Crippen LogP contribution in [0.3, 0.4) is 0 Å². The Morgan fingerprint density at radius 1 is 0.418 bits per heavy atom. The quantitative estimate of drug-likeness (QED) is 0.175. The van der Waals surface area contributed by atoms with Crippen LogP contribution in [0.2, 0.25) is 0 Å². The molecule has 0 bridgehead atoms. The normalized spacial score (nSPS) is 25.8. The number of hydrogen-bond acceptors (Lipinski definition) is 19. The summed E-state index contributed by atoms with van der Waals surface area (Å²) in [4.78, 5) is 131. The molecule has 0 aliphatic carbocycles. The van der Waals surface area contributed by atoms with Crippen molar-refractivity contribution in [3.8, 4) is 0 Å². The number of carbonyl (C=O) groups excluding carboxylic acids is 6. The van der Waals surface area contributed by atoms with Crippen LogP contribution in [0, 0.1) is 0 Å². The maximum Gasteiger partial charge on any atom is 0.410 e. The molecule has 6 atom stereocenters. The van der Waals surface area contributed by atoms with Crippen LogP contribution >= 0.6 is 0 Å². The van der Waals surface area contributed by atoms with Crippen LogP contribution in [0.25, 0.3) is 0 Å². The minimum atomic E-state index is -1.86. The van der Waals surface area contributed by atoms with Gasteiger partial charge in [0.1, 0.15) is 34.3 Å². The minimum Gasteiger partial charge on any atom is -0.444 e. The standard InChI is InChI=1S/C57H72N10O12/c1-52(2,3)74-49(71)61-28-31-64-40(34-61)55(10,58-43(64)37-22-16-13-17-23-37)46(68)77-67(78-47(69)56(11)41-35-62(50(72)75-53(4,5)6)29-32-65(41)44(59-56)38-24-18-14-19-25-38)79-48(70)57(12)42-36-63(51(73)76-54(7,8)9)30-33-66(42)45(60-57)39-26-20-15-21-27-39/h13-27,40-42H,28-36H2,1-12H3. The van der Waals surface area contributed by atoms with E-state index in [9.17, 15) is 14.4 Å². The summed E-state index contributed by atoms with van der Waals surface area (Å²) in [5, 5.41) is 0.0905. The highest BCUT2D eigenvalue weighted by atomic mass is 17.2. The molecular formula is C57H72N10O12. The molecule has 3 fully saturated rings. The van der Waals surface area contributed by atoms with E-state index in [1.54, 1.807) is 62.3 Å². The molecule has 9 rings (SSSR count). The molecule has 0 spiro atoms. The number of piperazine rings is 3. The number of nitrogens with zero attached hydrogens (tertiary/aromatic N) is 10. The molecule has 0 radical (unpaired) electrons. The second-order valence-corrected chi connectivity index (χ2v) is 24.1. The Bertz CT molecular complexity index is 2630. The first-order chi connectivity index (χ1) is 37.1. The molecule has 22 heteroatoms. The Labute approximate surface area is 460 Å². The van der Waals surface area contributed by atoms with Crippen molar-refractivity contribution in [2.45, 2.75) is 135 Å². The highest BCUT2D eigenvalue weighted by molar-refractivity contribution is 6.06. The van der Waals surface area contributed by atoms with Crippen molar-refractivity contribution in [1.29, 1.82) is 0 Å². The summed E-state index contributed by atoms with van der Waals surface area (Å²) in [5.41, 5.74) is -6.00. The van der Waals surface area contributed by atoms with Gasteiger partial charge in [0.2, 0.25) is 5.39 Å². The summed E-state index contributed by atoms with van der Waals surface area (Å²) in [6, 6.07) is 25.0. The van der Waals surface area contributed by atoms with Crippen molar-refractivity contribution in [3.05, 3.63) is 108 Å². The number of carbonyl (C=O) groups is 6. The van der Waals surface area contributed by atoms with Gasteiger partial charge < -0.3 is 43.6 Å². The summed E-state index contributed by atoms with van der Waals surface area (Å²) >= 11 is 0. The van der Waals surface area contributed by atoms with Gasteiger partial charge in [-0.2, -0.15) is 0 Å². The predicted octanol–water partition coefficient (Wildman–Crippen LogP) is 6.08. The average Bonchev–Trinajstić information content (AvgIpc) is 4.11. The summed E-state index contributed by atoms with van der Waals surface area (Å²) in [7, 11) is 0. The lowest BCUT2D eigenvalue weighted by atomic mass is 9.91. The first kappa shape index (κ1) is 56.0. The maximum atomic E-state index is 15.4. The molecule has 3 amide bonds. The van der Waals surface area contributed by atoms with E-state index in [0.29, 0.717) is 34.2 Å². The fraction of sp³-hybridized carbons (Fsp3) is 0.526. The van der Waals surface area contributed by atoms with Crippen molar-refractivity contribution in [3.63, 3.8) is 0 Å². The van der Waals surface area contributed by atoms with Crippen LogP contribution in [0.4, 0.5) is 14.4 Å². The average molecular weight is 1090 g/mol. The van der Waals surface area contributed by atoms with Gasteiger partial charge in [0.05, 0.1) is 18.1 Å². The molecule has 6 heterocycles. The molecule has 0 aromatic heterocycles. The highest BCUT2D eigenvalue weighted by Crippen LogP contribution is 2.40. The fourth-order valence-electron chi connectivity index (χ4n) is 10.6. The van der Waals surface area contributed by atoms with Gasteiger partial charge in [0, 0.05) is 75.6 Å². The molecule has 3 saturated heterocycles. The number of aliphatic imine (C=N–C) groups is 3. The van der Waals surface area contributed by atoms with Gasteiger partial charge in [-0.05, 0) is 83.1 Å². The molecule has 22 nitrogen and oxygen atoms in total.